The average molecular weight is 430 g/mol. The lowest BCUT2D eigenvalue weighted by Gasteiger charge is -2.08. The van der Waals surface area contributed by atoms with Gasteiger partial charge in [-0.2, -0.15) is 0 Å². The summed E-state index contributed by atoms with van der Waals surface area (Å²) in [6.45, 7) is 8.15. The molecule has 0 spiro atoms. The molecule has 9 heteroatoms. The second-order valence-electron chi connectivity index (χ2n) is 6.51. The molecule has 1 aromatic carbocycles. The van der Waals surface area contributed by atoms with Gasteiger partial charge in [-0.1, -0.05) is 35.2 Å². The number of nitrogens with zero attached hydrogens (tertiary/aromatic N) is 3. The quantitative estimate of drug-likeness (QED) is 0.429. The molecule has 6 nitrogen and oxygen atoms in total. The Kier molecular flexibility index (Phi) is 5.22. The SMILES string of the molecule is Cc1cccc(Nc2nnc(SCc3nc4sc(C)c(C)c4c(=O)[nH]3)s2)c1C. The van der Waals surface area contributed by atoms with Gasteiger partial charge >= 0.3 is 0 Å². The molecular formula is C19H19N5OS3. The standard InChI is InChI=1S/C19H19N5OS3/c1-9-6-5-7-13(10(9)2)20-18-23-24-19(28-18)26-8-14-21-16(25)15-11(3)12(4)27-17(15)22-14/h5-7H,8H2,1-4H3,(H,20,23)(H,21,22,25). The predicted molar refractivity (Wildman–Crippen MR) is 118 cm³/mol. The van der Waals surface area contributed by atoms with E-state index in [0.29, 0.717) is 17.0 Å². The Morgan fingerprint density at radius 3 is 2.75 bits per heavy atom. The second kappa shape index (κ2) is 7.65. The maximum absolute atomic E-state index is 12.4. The van der Waals surface area contributed by atoms with Crippen LogP contribution in [0, 0.1) is 27.7 Å². The van der Waals surface area contributed by atoms with Gasteiger partial charge in [-0.3, -0.25) is 4.79 Å². The molecule has 0 aliphatic carbocycles. The molecule has 0 aliphatic heterocycles. The molecule has 0 amide bonds. The summed E-state index contributed by atoms with van der Waals surface area (Å²) >= 11 is 4.57. The smallest absolute Gasteiger partial charge is 0.259 e. The highest BCUT2D eigenvalue weighted by Crippen LogP contribution is 2.31. The zero-order valence-electron chi connectivity index (χ0n) is 15.9. The summed E-state index contributed by atoms with van der Waals surface area (Å²) in [6, 6.07) is 6.14. The number of hydrogen-bond donors (Lipinski definition) is 2. The zero-order chi connectivity index (χ0) is 19.8. The molecule has 0 unspecified atom stereocenters. The highest BCUT2D eigenvalue weighted by molar-refractivity contribution is 8.00. The van der Waals surface area contributed by atoms with Gasteiger partial charge in [0.25, 0.3) is 5.56 Å². The van der Waals surface area contributed by atoms with Gasteiger partial charge in [0.05, 0.1) is 11.1 Å². The van der Waals surface area contributed by atoms with Crippen LogP contribution in [0.15, 0.2) is 27.3 Å². The summed E-state index contributed by atoms with van der Waals surface area (Å²) in [5, 5.41) is 13.2. The Labute approximate surface area is 174 Å². The van der Waals surface area contributed by atoms with Crippen molar-refractivity contribution in [2.75, 3.05) is 5.32 Å². The Morgan fingerprint density at radius 1 is 1.11 bits per heavy atom. The topological polar surface area (TPSA) is 83.6 Å². The summed E-state index contributed by atoms with van der Waals surface area (Å²) in [4.78, 5) is 21.8. The number of H-pyrrole nitrogens is 1. The fraction of sp³-hybridized carbons (Fsp3) is 0.263. The van der Waals surface area contributed by atoms with Gasteiger partial charge in [-0.15, -0.1) is 21.5 Å². The van der Waals surface area contributed by atoms with Crippen LogP contribution in [0.3, 0.4) is 0 Å². The maximum atomic E-state index is 12.4. The molecule has 0 saturated carbocycles. The van der Waals surface area contributed by atoms with Gasteiger partial charge in [-0.25, -0.2) is 4.98 Å². The number of thiophene rings is 1. The first-order chi connectivity index (χ1) is 13.4. The van der Waals surface area contributed by atoms with E-state index in [0.717, 1.165) is 30.4 Å². The highest BCUT2D eigenvalue weighted by atomic mass is 32.2. The van der Waals surface area contributed by atoms with Crippen molar-refractivity contribution in [2.24, 2.45) is 0 Å². The third-order valence-corrected chi connectivity index (χ3v) is 7.76. The van der Waals surface area contributed by atoms with Crippen LogP contribution < -0.4 is 10.9 Å². The number of aryl methyl sites for hydroxylation is 3. The van der Waals surface area contributed by atoms with Gasteiger partial charge in [0, 0.05) is 10.6 Å². The molecule has 3 aromatic heterocycles. The molecule has 0 radical (unpaired) electrons. The summed E-state index contributed by atoms with van der Waals surface area (Å²) in [5.41, 5.74) is 4.40. The Hall–Kier alpha value is -2.23. The van der Waals surface area contributed by atoms with Crippen LogP contribution in [-0.4, -0.2) is 20.2 Å². The van der Waals surface area contributed by atoms with E-state index in [-0.39, 0.29) is 5.56 Å². The number of fused-ring (bicyclic) bond motifs is 1. The van der Waals surface area contributed by atoms with E-state index >= 15 is 0 Å². The summed E-state index contributed by atoms with van der Waals surface area (Å²) in [7, 11) is 0. The van der Waals surface area contributed by atoms with E-state index in [1.165, 1.54) is 34.2 Å². The molecule has 144 valence electrons. The van der Waals surface area contributed by atoms with E-state index in [1.807, 2.05) is 26.0 Å². The minimum atomic E-state index is -0.0722. The van der Waals surface area contributed by atoms with Crippen LogP contribution in [0.25, 0.3) is 10.2 Å². The van der Waals surface area contributed by atoms with Crippen molar-refractivity contribution in [3.63, 3.8) is 0 Å². The Morgan fingerprint density at radius 2 is 1.93 bits per heavy atom. The van der Waals surface area contributed by atoms with Crippen LogP contribution in [0.1, 0.15) is 27.4 Å². The molecule has 0 bridgehead atoms. The Balaban J connectivity index is 1.48. The summed E-state index contributed by atoms with van der Waals surface area (Å²) < 4.78 is 0.828. The van der Waals surface area contributed by atoms with Crippen LogP contribution >= 0.6 is 34.4 Å². The highest BCUT2D eigenvalue weighted by Gasteiger charge is 2.13. The number of aromatic nitrogens is 4. The normalized spacial score (nSPS) is 11.3. The number of anilines is 2. The molecule has 4 rings (SSSR count). The van der Waals surface area contributed by atoms with Crippen molar-refractivity contribution in [2.45, 2.75) is 37.8 Å². The van der Waals surface area contributed by atoms with E-state index in [1.54, 1.807) is 11.3 Å². The monoisotopic (exact) mass is 429 g/mol. The van der Waals surface area contributed by atoms with E-state index in [9.17, 15) is 4.79 Å². The fourth-order valence-electron chi connectivity index (χ4n) is 2.82. The second-order valence-corrected chi connectivity index (χ2v) is 9.91. The minimum absolute atomic E-state index is 0.0722. The maximum Gasteiger partial charge on any atom is 0.259 e. The van der Waals surface area contributed by atoms with Crippen molar-refractivity contribution in [1.82, 2.24) is 20.2 Å². The van der Waals surface area contributed by atoms with Crippen LogP contribution in [-0.2, 0) is 5.75 Å². The molecular weight excluding hydrogens is 410 g/mol. The summed E-state index contributed by atoms with van der Waals surface area (Å²) in [5.74, 6) is 1.20. The Bertz CT molecular complexity index is 1220. The average Bonchev–Trinajstić information content (AvgIpc) is 3.22. The van der Waals surface area contributed by atoms with Gasteiger partial charge in [-0.05, 0) is 50.5 Å². The third-order valence-electron chi connectivity index (χ3n) is 4.67. The van der Waals surface area contributed by atoms with Gasteiger partial charge in [0.2, 0.25) is 5.13 Å². The van der Waals surface area contributed by atoms with Crippen molar-refractivity contribution >= 4 is 55.5 Å². The van der Waals surface area contributed by atoms with Gasteiger partial charge in [0.15, 0.2) is 4.34 Å². The molecule has 28 heavy (non-hydrogen) atoms. The van der Waals surface area contributed by atoms with Crippen LogP contribution in [0.5, 0.6) is 0 Å². The molecule has 3 heterocycles. The predicted octanol–water partition coefficient (Wildman–Crippen LogP) is 5.11. The number of rotatable bonds is 5. The fourth-order valence-corrected chi connectivity index (χ4v) is 5.50. The van der Waals surface area contributed by atoms with E-state index in [2.05, 4.69) is 45.4 Å². The van der Waals surface area contributed by atoms with Crippen molar-refractivity contribution < 1.29 is 0 Å². The lowest BCUT2D eigenvalue weighted by molar-refractivity contribution is 1.00. The molecule has 0 fully saturated rings. The lowest BCUT2D eigenvalue weighted by Crippen LogP contribution is -2.10. The van der Waals surface area contributed by atoms with Crippen LogP contribution in [0.2, 0.25) is 0 Å². The first-order valence-electron chi connectivity index (χ1n) is 8.71. The lowest BCUT2D eigenvalue weighted by atomic mass is 10.1. The number of nitrogens with one attached hydrogen (secondary N) is 2. The molecule has 4 aromatic rings. The molecule has 0 saturated heterocycles. The third kappa shape index (κ3) is 3.69. The van der Waals surface area contributed by atoms with Crippen LogP contribution in [0.4, 0.5) is 10.8 Å². The van der Waals surface area contributed by atoms with E-state index in [4.69, 9.17) is 0 Å². The van der Waals surface area contributed by atoms with Crippen molar-refractivity contribution in [3.05, 3.63) is 55.9 Å². The first kappa shape index (κ1) is 19.1. The van der Waals surface area contributed by atoms with Gasteiger partial charge in [0.1, 0.15) is 10.7 Å². The number of thioether (sulfide) groups is 1. The minimum Gasteiger partial charge on any atom is -0.330 e. The first-order valence-corrected chi connectivity index (χ1v) is 11.3. The largest absolute Gasteiger partial charge is 0.330 e. The zero-order valence-corrected chi connectivity index (χ0v) is 18.4. The van der Waals surface area contributed by atoms with E-state index < -0.39 is 0 Å². The molecule has 0 atom stereocenters. The molecule has 2 N–H and O–H groups in total. The number of hydrogen-bond acceptors (Lipinski definition) is 8. The summed E-state index contributed by atoms with van der Waals surface area (Å²) in [6.07, 6.45) is 0. The molecule has 0 aliphatic rings. The van der Waals surface area contributed by atoms with Crippen molar-refractivity contribution in [1.29, 1.82) is 0 Å². The van der Waals surface area contributed by atoms with Crippen molar-refractivity contribution in [3.8, 4) is 0 Å². The number of benzene rings is 1. The number of aromatic amines is 1. The van der Waals surface area contributed by atoms with Gasteiger partial charge < -0.3 is 10.3 Å².